The molecule has 0 saturated heterocycles. The van der Waals surface area contributed by atoms with Gasteiger partial charge in [0.1, 0.15) is 0 Å². The average Bonchev–Trinajstić information content (AvgIpc) is 3.53. The van der Waals surface area contributed by atoms with Gasteiger partial charge in [-0.3, -0.25) is 9.59 Å². The van der Waals surface area contributed by atoms with Crippen molar-refractivity contribution in [2.24, 2.45) is 0 Å². The molecule has 2 aromatic heterocycles. The molecule has 34 heavy (non-hydrogen) atoms. The predicted octanol–water partition coefficient (Wildman–Crippen LogP) is 4.26. The minimum Gasteiger partial charge on any atom is -0.352 e. The van der Waals surface area contributed by atoms with Gasteiger partial charge in [-0.2, -0.15) is 10.2 Å². The van der Waals surface area contributed by atoms with Crippen molar-refractivity contribution in [1.29, 1.82) is 0 Å². The van der Waals surface area contributed by atoms with Gasteiger partial charge < -0.3 is 10.2 Å². The highest BCUT2D eigenvalue weighted by Gasteiger charge is 2.15. The molecular weight excluding hydrogens is 475 g/mol. The van der Waals surface area contributed by atoms with Gasteiger partial charge >= 0.3 is 0 Å². The van der Waals surface area contributed by atoms with Crippen LogP contribution in [0.25, 0.3) is 11.4 Å². The molecule has 2 amide bonds. The summed E-state index contributed by atoms with van der Waals surface area (Å²) >= 11 is 11.8. The highest BCUT2D eigenvalue weighted by molar-refractivity contribution is 6.30. The summed E-state index contributed by atoms with van der Waals surface area (Å²) in [5.41, 5.74) is 2.56. The molecule has 0 aliphatic carbocycles. The smallest absolute Gasteiger partial charge is 0.256 e. The lowest BCUT2D eigenvalue weighted by Crippen LogP contribution is -2.31. The zero-order valence-corrected chi connectivity index (χ0v) is 19.9. The van der Waals surface area contributed by atoms with Gasteiger partial charge in [0, 0.05) is 42.6 Å². The van der Waals surface area contributed by atoms with E-state index in [1.807, 2.05) is 24.3 Å². The Kier molecular flexibility index (Phi) is 7.30. The molecule has 0 unspecified atom stereocenters. The number of halogens is 2. The van der Waals surface area contributed by atoms with Crippen LogP contribution in [-0.2, 0) is 0 Å². The average molecular weight is 497 g/mol. The van der Waals surface area contributed by atoms with Gasteiger partial charge in [-0.1, -0.05) is 23.2 Å². The number of carbonyl (C=O) groups is 2. The van der Waals surface area contributed by atoms with Crippen molar-refractivity contribution in [3.8, 4) is 11.4 Å². The van der Waals surface area contributed by atoms with Gasteiger partial charge in [0.05, 0.1) is 34.9 Å². The molecule has 0 bridgehead atoms. The molecule has 8 nitrogen and oxygen atoms in total. The third-order valence-electron chi connectivity index (χ3n) is 5.16. The maximum absolute atomic E-state index is 12.7. The largest absolute Gasteiger partial charge is 0.352 e. The monoisotopic (exact) mass is 496 g/mol. The number of rotatable bonds is 8. The maximum Gasteiger partial charge on any atom is 0.256 e. The number of aromatic nitrogens is 4. The van der Waals surface area contributed by atoms with Crippen LogP contribution in [0.4, 0.5) is 0 Å². The number of carbonyl (C=O) groups excluding carboxylic acids is 2. The molecule has 0 aliphatic rings. The van der Waals surface area contributed by atoms with Crippen LogP contribution in [0.1, 0.15) is 27.1 Å². The summed E-state index contributed by atoms with van der Waals surface area (Å²) in [5.74, 6) is -0.366. The van der Waals surface area contributed by atoms with E-state index >= 15 is 0 Å². The first-order valence-corrected chi connectivity index (χ1v) is 11.3. The maximum atomic E-state index is 12.7. The number of nitrogens with zero attached hydrogens (tertiary/aromatic N) is 5. The van der Waals surface area contributed by atoms with E-state index in [4.69, 9.17) is 23.2 Å². The molecule has 0 fully saturated rings. The molecule has 0 atom stereocenters. The SMILES string of the molecule is CN(CCCNC(=O)c1cnn(-c2ccc(Cl)cc2)c1)C(=O)c1cnn(-c2ccc(Cl)cc2)c1. The number of hydrogen-bond donors (Lipinski definition) is 1. The number of benzene rings is 2. The third kappa shape index (κ3) is 5.65. The molecular formula is C24H22Cl2N6O2. The molecule has 4 rings (SSSR count). The minimum atomic E-state index is -0.224. The zero-order chi connectivity index (χ0) is 24.1. The lowest BCUT2D eigenvalue weighted by molar-refractivity contribution is 0.0793. The first kappa shape index (κ1) is 23.5. The van der Waals surface area contributed by atoms with Crippen LogP contribution in [0.3, 0.4) is 0 Å². The number of nitrogens with one attached hydrogen (secondary N) is 1. The van der Waals surface area contributed by atoms with Gasteiger partial charge in [-0.05, 0) is 55.0 Å². The van der Waals surface area contributed by atoms with E-state index in [0.29, 0.717) is 40.7 Å². The minimum absolute atomic E-state index is 0.143. The van der Waals surface area contributed by atoms with E-state index in [1.54, 1.807) is 58.0 Å². The van der Waals surface area contributed by atoms with Crippen LogP contribution in [-0.4, -0.2) is 56.4 Å². The first-order chi connectivity index (χ1) is 16.4. The highest BCUT2D eigenvalue weighted by Crippen LogP contribution is 2.15. The fourth-order valence-electron chi connectivity index (χ4n) is 3.29. The van der Waals surface area contributed by atoms with Gasteiger partial charge in [0.15, 0.2) is 0 Å². The van der Waals surface area contributed by atoms with Crippen LogP contribution in [0.15, 0.2) is 73.3 Å². The zero-order valence-electron chi connectivity index (χ0n) is 18.4. The Hall–Kier alpha value is -3.62. The summed E-state index contributed by atoms with van der Waals surface area (Å²) < 4.78 is 3.24. The second-order valence-electron chi connectivity index (χ2n) is 7.64. The highest BCUT2D eigenvalue weighted by atomic mass is 35.5. The van der Waals surface area contributed by atoms with Crippen LogP contribution in [0.2, 0.25) is 10.0 Å². The van der Waals surface area contributed by atoms with Crippen LogP contribution in [0.5, 0.6) is 0 Å². The Bertz CT molecular complexity index is 1280. The number of amides is 2. The summed E-state index contributed by atoms with van der Waals surface area (Å²) in [7, 11) is 1.72. The Balaban J connectivity index is 1.24. The summed E-state index contributed by atoms with van der Waals surface area (Å²) in [6, 6.07) is 14.4. The first-order valence-electron chi connectivity index (χ1n) is 10.6. The van der Waals surface area contributed by atoms with Crippen molar-refractivity contribution in [2.45, 2.75) is 6.42 Å². The molecule has 4 aromatic rings. The topological polar surface area (TPSA) is 85.1 Å². The second-order valence-corrected chi connectivity index (χ2v) is 8.51. The Morgan fingerprint density at radius 2 is 1.35 bits per heavy atom. The van der Waals surface area contributed by atoms with Crippen molar-refractivity contribution in [3.05, 3.63) is 94.5 Å². The molecule has 0 spiro atoms. The van der Waals surface area contributed by atoms with Gasteiger partial charge in [-0.15, -0.1) is 0 Å². The fraction of sp³-hybridized carbons (Fsp3) is 0.167. The van der Waals surface area contributed by atoms with Crippen molar-refractivity contribution in [2.75, 3.05) is 20.1 Å². The molecule has 0 radical (unpaired) electrons. The summed E-state index contributed by atoms with van der Waals surface area (Å²) in [6.45, 7) is 0.905. The second kappa shape index (κ2) is 10.5. The molecule has 0 aliphatic heterocycles. The molecule has 2 aromatic carbocycles. The van der Waals surface area contributed by atoms with Crippen LogP contribution >= 0.6 is 23.2 Å². The van der Waals surface area contributed by atoms with Crippen molar-refractivity contribution in [1.82, 2.24) is 29.8 Å². The third-order valence-corrected chi connectivity index (χ3v) is 5.66. The lowest BCUT2D eigenvalue weighted by atomic mass is 10.3. The van der Waals surface area contributed by atoms with Gasteiger partial charge in [0.25, 0.3) is 11.8 Å². The molecule has 1 N–H and O–H groups in total. The van der Waals surface area contributed by atoms with E-state index < -0.39 is 0 Å². The predicted molar refractivity (Wildman–Crippen MR) is 131 cm³/mol. The van der Waals surface area contributed by atoms with E-state index in [9.17, 15) is 9.59 Å². The van der Waals surface area contributed by atoms with E-state index in [2.05, 4.69) is 15.5 Å². The summed E-state index contributed by atoms with van der Waals surface area (Å²) in [5, 5.41) is 12.6. The van der Waals surface area contributed by atoms with Crippen molar-refractivity contribution < 1.29 is 9.59 Å². The van der Waals surface area contributed by atoms with Gasteiger partial charge in [-0.25, -0.2) is 9.36 Å². The quantitative estimate of drug-likeness (QED) is 0.369. The summed E-state index contributed by atoms with van der Waals surface area (Å²) in [6.07, 6.45) is 6.99. The molecule has 10 heteroatoms. The van der Waals surface area contributed by atoms with Crippen molar-refractivity contribution in [3.63, 3.8) is 0 Å². The molecule has 0 saturated carbocycles. The normalized spacial score (nSPS) is 10.8. The van der Waals surface area contributed by atoms with E-state index in [-0.39, 0.29) is 11.8 Å². The fourth-order valence-corrected chi connectivity index (χ4v) is 3.54. The molecule has 2 heterocycles. The van der Waals surface area contributed by atoms with E-state index in [1.165, 1.54) is 12.4 Å². The van der Waals surface area contributed by atoms with E-state index in [0.717, 1.165) is 11.4 Å². The Labute approximate surface area is 206 Å². The lowest BCUT2D eigenvalue weighted by Gasteiger charge is -2.16. The summed E-state index contributed by atoms with van der Waals surface area (Å²) in [4.78, 5) is 26.7. The van der Waals surface area contributed by atoms with Crippen LogP contribution in [0, 0.1) is 0 Å². The van der Waals surface area contributed by atoms with Crippen LogP contribution < -0.4 is 5.32 Å². The molecule has 174 valence electrons. The van der Waals surface area contributed by atoms with Crippen molar-refractivity contribution >= 4 is 35.0 Å². The Morgan fingerprint density at radius 1 is 0.853 bits per heavy atom. The van der Waals surface area contributed by atoms with Gasteiger partial charge in [0.2, 0.25) is 0 Å². The Morgan fingerprint density at radius 3 is 1.91 bits per heavy atom. The number of hydrogen-bond acceptors (Lipinski definition) is 4. The standard InChI is InChI=1S/C24H22Cl2N6O2/c1-30(24(34)18-14-29-32(16-18)22-9-5-20(26)6-10-22)12-2-11-27-23(33)17-13-28-31(15-17)21-7-3-19(25)4-8-21/h3-10,13-16H,2,11-12H2,1H3,(H,27,33).